The number of carbonyl (C=O) groups is 1. The number of aliphatic hydroxyl groups is 2. The molecular formula is C70H83N9O10. The predicted octanol–water partition coefficient (Wildman–Crippen LogP) is 8.05. The molecule has 14 rings (SSSR count). The number of guanidine groups is 1. The fourth-order valence-corrected chi connectivity index (χ4v) is 17.1. The van der Waals surface area contributed by atoms with Crippen LogP contribution in [-0.4, -0.2) is 113 Å². The molecule has 19 heteroatoms. The summed E-state index contributed by atoms with van der Waals surface area (Å²) in [7, 11) is 0. The molecule has 0 amide bonds. The smallest absolute Gasteiger partial charge is 0.302 e. The van der Waals surface area contributed by atoms with Gasteiger partial charge in [0.05, 0.1) is 53.6 Å². The molecule has 5 aliphatic heterocycles. The topological polar surface area (TPSA) is 275 Å². The number of aliphatic imine (C=N–C) groups is 1. The molecule has 2 aromatic carbocycles. The second-order valence-corrected chi connectivity index (χ2v) is 27.0. The maximum atomic E-state index is 13.6. The Kier molecular flexibility index (Phi) is 16.0. The Morgan fingerprint density at radius 3 is 2.67 bits per heavy atom. The molecule has 9 aliphatic rings. The maximum Gasteiger partial charge on any atom is 0.302 e. The van der Waals surface area contributed by atoms with Gasteiger partial charge in [0.2, 0.25) is 5.75 Å². The standard InChI is InChI=1S/C70H83N9O10/c1-41(80)87-49-34-56(48-32-54(82)63(83)58(33-48)86-29-21-42-8-7-26-72-38-42)89-60(35-49)68-22-4-10-45-9-2-3-12-51(45)75-66(85)62-65(79-39-47-20-28-73-52(47)40-79)77-67(76-59-17-15-46-18-25-69(59,64(46)84)37-44-19-27-74-61(71)31-44)78-70(62)24-6-13-55(50(70)11-5-23-68)88-57-30-43(36-68)14-16-53(57)81/h7-8,14,16,19-20,26,28,30-33,38-40,45-46,49-51,55-56,59-60,62,64-66,73-75,81-85H,2-3,6,9,12-13,15,17-18,21-25,27,29,34-37,71H2,1H3,(H2,76,77,78). The minimum Gasteiger partial charge on any atom is -0.504 e. The normalized spacial score (nSPS) is 34.7. The highest BCUT2D eigenvalue weighted by Crippen LogP contribution is 2.57. The van der Waals surface area contributed by atoms with Gasteiger partial charge in [0.25, 0.3) is 0 Å². The first-order valence-electron chi connectivity index (χ1n) is 32.4. The zero-order valence-electron chi connectivity index (χ0n) is 50.5. The summed E-state index contributed by atoms with van der Waals surface area (Å²) in [5.41, 5.74) is 8.31. The third-order valence-corrected chi connectivity index (χ3v) is 21.5. The average molecular weight is 1210 g/mol. The molecule has 5 fully saturated rings. The molecule has 5 aromatic rings. The number of nitrogens with one attached hydrogen (secondary N) is 5. The average Bonchev–Trinajstić information content (AvgIpc) is 1.74. The van der Waals surface area contributed by atoms with Crippen molar-refractivity contribution in [1.82, 2.24) is 35.8 Å². The number of aliphatic hydroxyl groups excluding tert-OH is 2. The van der Waals surface area contributed by atoms with Crippen LogP contribution >= 0.6 is 0 Å². The molecular weight excluding hydrogens is 1130 g/mol. The number of dihydropyridines is 1. The number of aromatic hydroxyl groups is 3. The second kappa shape index (κ2) is 24.2. The minimum absolute atomic E-state index is 0.0169. The highest BCUT2D eigenvalue weighted by molar-refractivity contribution is 5.83. The van der Waals surface area contributed by atoms with Crippen molar-refractivity contribution in [3.63, 3.8) is 0 Å². The van der Waals surface area contributed by atoms with Crippen molar-refractivity contribution >= 4 is 22.8 Å². The SMILES string of the molecule is CC(=O)OC1CC(c2cc(O)c(O)c(OCCc3cccnc3)c2)OC(C23CC#CC4CCCCC4NC(O)C4C(n5cc6cc[nH]c6c5)N=C(NC5CCC6CCC5(CC5=CCNC(N)=C5)C6O)NC45CCCC(Oc4cc(ccc4O)C2)C5C#CC3)C1. The first-order valence-corrected chi connectivity index (χ1v) is 32.4. The number of aromatic amines is 1. The number of H-pyrrole nitrogens is 1. The number of nitrogens with two attached hydrogens (primary N) is 1. The van der Waals surface area contributed by atoms with Crippen LogP contribution in [0.2, 0.25) is 0 Å². The highest BCUT2D eigenvalue weighted by Gasteiger charge is 2.61. The van der Waals surface area contributed by atoms with Crippen molar-refractivity contribution in [1.29, 1.82) is 0 Å². The lowest BCUT2D eigenvalue weighted by Crippen LogP contribution is -2.73. The quantitative estimate of drug-likeness (QED) is 0.0339. The lowest BCUT2D eigenvalue weighted by atomic mass is 9.62. The number of esters is 1. The van der Waals surface area contributed by atoms with Crippen molar-refractivity contribution in [2.24, 2.45) is 45.2 Å². The first-order chi connectivity index (χ1) is 43.2. The van der Waals surface area contributed by atoms with Gasteiger partial charge in [-0.3, -0.25) is 15.1 Å². The largest absolute Gasteiger partial charge is 0.504 e. The number of aromatic nitrogens is 3. The number of hydrogen-bond acceptors (Lipinski definition) is 17. The van der Waals surface area contributed by atoms with Gasteiger partial charge in [-0.25, -0.2) is 4.99 Å². The number of hydrogen-bond donors (Lipinski definition) is 11. The van der Waals surface area contributed by atoms with Gasteiger partial charge < -0.3 is 75.7 Å². The van der Waals surface area contributed by atoms with Crippen molar-refractivity contribution in [2.45, 2.75) is 183 Å². The lowest BCUT2D eigenvalue weighted by Gasteiger charge is -2.56. The van der Waals surface area contributed by atoms with Crippen molar-refractivity contribution in [3.05, 3.63) is 120 Å². The molecule has 4 saturated carbocycles. The van der Waals surface area contributed by atoms with E-state index < -0.39 is 82.8 Å². The van der Waals surface area contributed by atoms with E-state index in [2.05, 4.69) is 78.0 Å². The number of allylic oxidation sites excluding steroid dienone is 2. The van der Waals surface area contributed by atoms with Gasteiger partial charge in [0.15, 0.2) is 29.0 Å². The van der Waals surface area contributed by atoms with E-state index in [0.717, 1.165) is 79.0 Å². The summed E-state index contributed by atoms with van der Waals surface area (Å²) >= 11 is 0. The lowest BCUT2D eigenvalue weighted by molar-refractivity contribution is -0.174. The number of nitrogens with zero attached hydrogens (tertiary/aromatic N) is 3. The second-order valence-electron chi connectivity index (χ2n) is 27.0. The van der Waals surface area contributed by atoms with Crippen molar-refractivity contribution < 1.29 is 49.3 Å². The number of phenolic OH excluding ortho intramolecular Hbond substituents is 3. The summed E-state index contributed by atoms with van der Waals surface area (Å²) < 4.78 is 29.2. The van der Waals surface area contributed by atoms with E-state index in [1.807, 2.05) is 42.6 Å². The monoisotopic (exact) mass is 1210 g/mol. The summed E-state index contributed by atoms with van der Waals surface area (Å²) in [6, 6.07) is 14.2. The first kappa shape index (κ1) is 58.8. The van der Waals surface area contributed by atoms with Crippen LogP contribution in [0.15, 0.2) is 108 Å². The summed E-state index contributed by atoms with van der Waals surface area (Å²) in [5, 5.41) is 76.8. The molecule has 89 heavy (non-hydrogen) atoms. The van der Waals surface area contributed by atoms with Crippen molar-refractivity contribution in [3.8, 4) is 52.4 Å². The highest BCUT2D eigenvalue weighted by atomic mass is 16.6. The molecule has 0 radical (unpaired) electrons. The predicted molar refractivity (Wildman–Crippen MR) is 334 cm³/mol. The van der Waals surface area contributed by atoms with Gasteiger partial charge in [-0.15, -0.1) is 11.8 Å². The number of rotatable bonds is 11. The van der Waals surface area contributed by atoms with E-state index in [1.54, 1.807) is 24.5 Å². The Bertz CT molecular complexity index is 3660. The number of pyridine rings is 1. The van der Waals surface area contributed by atoms with E-state index in [4.69, 9.17) is 29.7 Å². The van der Waals surface area contributed by atoms with E-state index >= 15 is 0 Å². The van der Waals surface area contributed by atoms with Crippen molar-refractivity contribution in [2.75, 3.05) is 13.2 Å². The minimum atomic E-state index is -1.12. The molecule has 16 atom stereocenters. The van der Waals surface area contributed by atoms with E-state index in [9.17, 15) is 30.3 Å². The Morgan fingerprint density at radius 1 is 0.955 bits per heavy atom. The molecule has 8 heterocycles. The molecule has 12 N–H and O–H groups in total. The van der Waals surface area contributed by atoms with Crippen LogP contribution in [0.4, 0.5) is 0 Å². The summed E-state index contributed by atoms with van der Waals surface area (Å²) in [6.45, 7) is 2.23. The molecule has 3 aromatic heterocycles. The van der Waals surface area contributed by atoms with Crippen LogP contribution in [0.3, 0.4) is 0 Å². The van der Waals surface area contributed by atoms with E-state index in [-0.39, 0.29) is 60.6 Å². The molecule has 1 saturated heterocycles. The van der Waals surface area contributed by atoms with Gasteiger partial charge in [0, 0.05) is 111 Å². The zero-order chi connectivity index (χ0) is 61.0. The Balaban J connectivity index is 0.904. The van der Waals surface area contributed by atoms with Gasteiger partial charge >= 0.3 is 5.97 Å². The number of ether oxygens (including phenoxy) is 4. The van der Waals surface area contributed by atoms with Gasteiger partial charge in [-0.05, 0) is 141 Å². The Morgan fingerprint density at radius 2 is 1.83 bits per heavy atom. The summed E-state index contributed by atoms with van der Waals surface area (Å²) in [4.78, 5) is 26.5. The van der Waals surface area contributed by atoms with E-state index in [1.165, 1.54) is 13.0 Å². The van der Waals surface area contributed by atoms with Gasteiger partial charge in [0.1, 0.15) is 24.6 Å². The van der Waals surface area contributed by atoms with Crippen LogP contribution in [0.5, 0.6) is 28.7 Å². The molecule has 6 bridgehead atoms. The molecule has 468 valence electrons. The molecule has 4 aliphatic carbocycles. The number of benzene rings is 2. The van der Waals surface area contributed by atoms with Crippen LogP contribution in [0.1, 0.15) is 139 Å². The van der Waals surface area contributed by atoms with Gasteiger partial charge in [-0.1, -0.05) is 42.9 Å². The van der Waals surface area contributed by atoms with Crippen LogP contribution in [-0.2, 0) is 27.1 Å². The number of fused-ring (bicyclic) bond motifs is 8. The third-order valence-electron chi connectivity index (χ3n) is 21.5. The zero-order valence-corrected chi connectivity index (χ0v) is 50.5. The van der Waals surface area contributed by atoms with E-state index in [0.29, 0.717) is 81.0 Å². The maximum absolute atomic E-state index is 13.6. The summed E-state index contributed by atoms with van der Waals surface area (Å²) in [5.74, 6) is 14.4. The Labute approximate surface area is 519 Å². The fraction of sp³-hybridized carbons (Fsp3) is 0.529. The molecule has 16 unspecified atom stereocenters. The fourth-order valence-electron chi connectivity index (χ4n) is 17.1. The van der Waals surface area contributed by atoms with Crippen LogP contribution in [0, 0.1) is 58.2 Å². The molecule has 1 spiro atoms. The Hall–Kier alpha value is -7.81. The van der Waals surface area contributed by atoms with Gasteiger partial charge in [-0.2, -0.15) is 0 Å². The van der Waals surface area contributed by atoms with Crippen LogP contribution in [0.25, 0.3) is 10.9 Å². The van der Waals surface area contributed by atoms with Crippen LogP contribution < -0.4 is 36.5 Å². The molecule has 19 nitrogen and oxygen atoms in total. The number of phenols is 3. The summed E-state index contributed by atoms with van der Waals surface area (Å²) in [6.07, 6.45) is 20.4. The number of carbonyl (C=O) groups excluding carboxylic acids is 1. The third kappa shape index (κ3) is 11.4.